The van der Waals surface area contributed by atoms with E-state index in [0.717, 1.165) is 6.42 Å². The highest BCUT2D eigenvalue weighted by molar-refractivity contribution is 7.45. The molecular weight excluding hydrogens is 519 g/mol. The van der Waals surface area contributed by atoms with Gasteiger partial charge in [0.05, 0.1) is 0 Å². The van der Waals surface area contributed by atoms with Crippen molar-refractivity contribution in [2.75, 3.05) is 6.61 Å². The highest BCUT2D eigenvalue weighted by Crippen LogP contribution is 2.25. The van der Waals surface area contributed by atoms with E-state index in [0.29, 0.717) is 6.61 Å². The van der Waals surface area contributed by atoms with E-state index < -0.39 is 7.82 Å². The molecule has 0 aliphatic rings. The molecule has 0 radical (unpaired) electrons. The first-order chi connectivity index (χ1) is 19.4. The van der Waals surface area contributed by atoms with Crippen LogP contribution in [0.25, 0.3) is 0 Å². The summed E-state index contributed by atoms with van der Waals surface area (Å²) < 4.78 is 8.88. The molecule has 0 saturated carbocycles. The number of unbranched alkanes of at least 4 members (excludes halogenated alkanes) is 31. The SMILES string of the molecule is CCCCCCCCCCCCCCCCCCCCCCCCCCCCCCCCCCO.O=P(O)(O)O. The van der Waals surface area contributed by atoms with Crippen molar-refractivity contribution in [1.29, 1.82) is 0 Å². The third-order valence-corrected chi connectivity index (χ3v) is 8.01. The maximum Gasteiger partial charge on any atom is 0.466 e. The van der Waals surface area contributed by atoms with Gasteiger partial charge in [-0.2, -0.15) is 0 Å². The molecule has 0 aliphatic carbocycles. The predicted octanol–water partition coefficient (Wildman–Crippen LogP) is 11.6. The molecule has 0 aromatic carbocycles. The van der Waals surface area contributed by atoms with Crippen LogP contribution in [0.5, 0.6) is 0 Å². The average molecular weight is 593 g/mol. The molecule has 0 rings (SSSR count). The molecule has 4 N–H and O–H groups in total. The van der Waals surface area contributed by atoms with Gasteiger partial charge in [0, 0.05) is 6.61 Å². The quantitative estimate of drug-likeness (QED) is 0.0460. The highest BCUT2D eigenvalue weighted by Gasteiger charge is 2.00. The summed E-state index contributed by atoms with van der Waals surface area (Å²) in [6.45, 7) is 2.68. The van der Waals surface area contributed by atoms with Gasteiger partial charge in [0.25, 0.3) is 0 Å². The third kappa shape index (κ3) is 50.9. The van der Waals surface area contributed by atoms with Crippen LogP contribution in [0.4, 0.5) is 0 Å². The lowest BCUT2D eigenvalue weighted by molar-refractivity contribution is 0.275. The van der Waals surface area contributed by atoms with Crippen LogP contribution in [-0.4, -0.2) is 26.4 Å². The lowest BCUT2D eigenvalue weighted by atomic mass is 10.0. The summed E-state index contributed by atoms with van der Waals surface area (Å²) in [5.41, 5.74) is 0. The van der Waals surface area contributed by atoms with Gasteiger partial charge < -0.3 is 19.8 Å². The molecule has 0 atom stereocenters. The van der Waals surface area contributed by atoms with E-state index in [4.69, 9.17) is 24.4 Å². The Bertz CT molecular complexity index is 443. The maximum atomic E-state index is 8.88. The van der Waals surface area contributed by atoms with Gasteiger partial charge in [0.2, 0.25) is 0 Å². The molecule has 0 unspecified atom stereocenters. The van der Waals surface area contributed by atoms with Crippen LogP contribution in [0.2, 0.25) is 0 Å². The van der Waals surface area contributed by atoms with E-state index in [2.05, 4.69) is 6.92 Å². The highest BCUT2D eigenvalue weighted by atomic mass is 31.2. The summed E-state index contributed by atoms with van der Waals surface area (Å²) in [4.78, 5) is 21.6. The van der Waals surface area contributed by atoms with Crippen molar-refractivity contribution >= 4 is 7.82 Å². The Balaban J connectivity index is 0. The first-order valence-corrected chi connectivity index (χ1v) is 19.4. The van der Waals surface area contributed by atoms with E-state index in [1.807, 2.05) is 0 Å². The summed E-state index contributed by atoms with van der Waals surface area (Å²) in [5, 5.41) is 8.78. The van der Waals surface area contributed by atoms with Crippen LogP contribution in [0, 0.1) is 0 Å². The minimum Gasteiger partial charge on any atom is -0.396 e. The second-order valence-electron chi connectivity index (χ2n) is 12.2. The number of aliphatic hydroxyl groups excluding tert-OH is 1. The predicted molar refractivity (Wildman–Crippen MR) is 175 cm³/mol. The summed E-state index contributed by atoms with van der Waals surface area (Å²) in [7, 11) is -4.64. The molecule has 0 aliphatic heterocycles. The fourth-order valence-corrected chi connectivity index (χ4v) is 5.49. The second kappa shape index (κ2) is 37.1. The van der Waals surface area contributed by atoms with Crippen molar-refractivity contribution in [1.82, 2.24) is 0 Å². The molecule has 244 valence electrons. The Morgan fingerprint density at radius 2 is 0.450 bits per heavy atom. The minimum atomic E-state index is -4.64. The number of hydrogen-bond acceptors (Lipinski definition) is 2. The summed E-state index contributed by atoms with van der Waals surface area (Å²) in [6.07, 6.45) is 46.0. The van der Waals surface area contributed by atoms with Gasteiger partial charge >= 0.3 is 7.82 Å². The zero-order valence-corrected chi connectivity index (χ0v) is 27.9. The second-order valence-corrected chi connectivity index (χ2v) is 13.2. The maximum absolute atomic E-state index is 8.88. The zero-order valence-electron chi connectivity index (χ0n) is 27.0. The van der Waals surface area contributed by atoms with Crippen LogP contribution in [-0.2, 0) is 4.57 Å². The normalized spacial score (nSPS) is 11.5. The molecule has 0 saturated heterocycles. The number of rotatable bonds is 32. The Hall–Kier alpha value is 0.0700. The molecule has 0 fully saturated rings. The van der Waals surface area contributed by atoms with Crippen molar-refractivity contribution in [2.24, 2.45) is 0 Å². The van der Waals surface area contributed by atoms with Crippen LogP contribution < -0.4 is 0 Å². The first-order valence-electron chi connectivity index (χ1n) is 17.8. The van der Waals surface area contributed by atoms with Crippen LogP contribution in [0.1, 0.15) is 212 Å². The van der Waals surface area contributed by atoms with Crippen LogP contribution in [0.3, 0.4) is 0 Å². The lowest BCUT2D eigenvalue weighted by Crippen LogP contribution is -1.85. The summed E-state index contributed by atoms with van der Waals surface area (Å²) >= 11 is 0. The number of hydrogen-bond donors (Lipinski definition) is 4. The molecule has 0 aromatic rings. The fraction of sp³-hybridized carbons (Fsp3) is 1.00. The van der Waals surface area contributed by atoms with E-state index in [1.54, 1.807) is 0 Å². The molecule has 0 aromatic heterocycles. The smallest absolute Gasteiger partial charge is 0.396 e. The Kier molecular flexibility index (Phi) is 39.1. The molecule has 0 spiro atoms. The van der Waals surface area contributed by atoms with Gasteiger partial charge in [0.1, 0.15) is 0 Å². The third-order valence-electron chi connectivity index (χ3n) is 8.01. The van der Waals surface area contributed by atoms with Gasteiger partial charge in [-0.25, -0.2) is 4.57 Å². The van der Waals surface area contributed by atoms with Gasteiger partial charge in [-0.15, -0.1) is 0 Å². The van der Waals surface area contributed by atoms with Crippen LogP contribution >= 0.6 is 7.82 Å². The Morgan fingerprint density at radius 3 is 0.575 bits per heavy atom. The molecule has 6 heteroatoms. The Labute approximate surface area is 251 Å². The molecule has 5 nitrogen and oxygen atoms in total. The molecule has 40 heavy (non-hydrogen) atoms. The Morgan fingerprint density at radius 1 is 0.325 bits per heavy atom. The van der Waals surface area contributed by atoms with Crippen molar-refractivity contribution < 1.29 is 24.4 Å². The van der Waals surface area contributed by atoms with E-state index in [-0.39, 0.29) is 0 Å². The van der Waals surface area contributed by atoms with E-state index in [9.17, 15) is 0 Å². The van der Waals surface area contributed by atoms with Gasteiger partial charge in [-0.1, -0.05) is 206 Å². The fourth-order valence-electron chi connectivity index (χ4n) is 5.49. The first kappa shape index (κ1) is 42.2. The van der Waals surface area contributed by atoms with Crippen LogP contribution in [0.15, 0.2) is 0 Å². The zero-order chi connectivity index (χ0) is 29.8. The van der Waals surface area contributed by atoms with Gasteiger partial charge in [-0.3, -0.25) is 0 Å². The van der Waals surface area contributed by atoms with E-state index >= 15 is 0 Å². The summed E-state index contributed by atoms with van der Waals surface area (Å²) in [5.74, 6) is 0. The number of phosphoric acid groups is 1. The molecule has 0 bridgehead atoms. The standard InChI is InChI=1S/C34H70O.H3O4P/c1-2-3-4-5-6-7-8-9-10-11-12-13-14-15-16-17-18-19-20-21-22-23-24-25-26-27-28-29-30-31-32-33-34-35;1-5(2,3)4/h35H,2-34H2,1H3;(H3,1,2,3,4). The van der Waals surface area contributed by atoms with Crippen molar-refractivity contribution in [3.05, 3.63) is 0 Å². The van der Waals surface area contributed by atoms with E-state index in [1.165, 1.54) is 199 Å². The topological polar surface area (TPSA) is 98.0 Å². The van der Waals surface area contributed by atoms with Crippen molar-refractivity contribution in [2.45, 2.75) is 212 Å². The number of aliphatic hydroxyl groups is 1. The molecule has 0 heterocycles. The van der Waals surface area contributed by atoms with Gasteiger partial charge in [-0.05, 0) is 6.42 Å². The largest absolute Gasteiger partial charge is 0.466 e. The van der Waals surface area contributed by atoms with Gasteiger partial charge in [0.15, 0.2) is 0 Å². The molecule has 0 amide bonds. The minimum absolute atomic E-state index is 0.375. The average Bonchev–Trinajstić information content (AvgIpc) is 2.91. The van der Waals surface area contributed by atoms with Crippen molar-refractivity contribution in [3.8, 4) is 0 Å². The van der Waals surface area contributed by atoms with Crippen molar-refractivity contribution in [3.63, 3.8) is 0 Å². The monoisotopic (exact) mass is 593 g/mol. The lowest BCUT2D eigenvalue weighted by Gasteiger charge is -2.04. The molecular formula is C34H73O5P. The summed E-state index contributed by atoms with van der Waals surface area (Å²) in [6, 6.07) is 0.